The summed E-state index contributed by atoms with van der Waals surface area (Å²) in [5.41, 5.74) is 0.255. The van der Waals surface area contributed by atoms with Crippen LogP contribution in [-0.4, -0.2) is 45.6 Å². The van der Waals surface area contributed by atoms with Crippen molar-refractivity contribution in [2.75, 3.05) is 19.8 Å². The third-order valence-corrected chi connectivity index (χ3v) is 2.91. The Hall–Kier alpha value is -2.48. The first kappa shape index (κ1) is 16.9. The highest BCUT2D eigenvalue weighted by molar-refractivity contribution is 5.92. The standard InChI is InChI=1S/C15H21N5O3.H2/c1-2-8-22-9-4-3-5-13-10-14(19-23-13)15(21)17-6-7-20-12-16-11-18-20;/h3,5,10-12H,2,4,6-9H2,1H3,(H,17,21);1H/b5-3-;. The second kappa shape index (κ2) is 9.52. The summed E-state index contributed by atoms with van der Waals surface area (Å²) in [6.07, 6.45) is 8.57. The van der Waals surface area contributed by atoms with Crippen molar-refractivity contribution in [1.29, 1.82) is 0 Å². The molecule has 0 saturated carbocycles. The summed E-state index contributed by atoms with van der Waals surface area (Å²) in [6.45, 7) is 4.51. The predicted octanol–water partition coefficient (Wildman–Crippen LogP) is 1.77. The maximum Gasteiger partial charge on any atom is 0.273 e. The number of carbonyl (C=O) groups is 1. The zero-order chi connectivity index (χ0) is 16.3. The third-order valence-electron chi connectivity index (χ3n) is 2.91. The van der Waals surface area contributed by atoms with Gasteiger partial charge in [-0.25, -0.2) is 4.98 Å². The predicted molar refractivity (Wildman–Crippen MR) is 85.7 cm³/mol. The van der Waals surface area contributed by atoms with Crippen molar-refractivity contribution >= 4 is 12.0 Å². The van der Waals surface area contributed by atoms with Crippen LogP contribution >= 0.6 is 0 Å². The number of aromatic nitrogens is 4. The molecule has 1 N–H and O–H groups in total. The summed E-state index contributed by atoms with van der Waals surface area (Å²) in [5.74, 6) is 0.265. The average molecular weight is 321 g/mol. The van der Waals surface area contributed by atoms with Crippen LogP contribution < -0.4 is 5.32 Å². The molecule has 0 bridgehead atoms. The van der Waals surface area contributed by atoms with Crippen LogP contribution in [0.5, 0.6) is 0 Å². The molecule has 23 heavy (non-hydrogen) atoms. The van der Waals surface area contributed by atoms with Crippen molar-refractivity contribution in [2.45, 2.75) is 26.3 Å². The Morgan fingerprint density at radius 1 is 1.52 bits per heavy atom. The lowest BCUT2D eigenvalue weighted by Gasteiger charge is -2.01. The Kier molecular flexibility index (Phi) is 6.99. The highest BCUT2D eigenvalue weighted by Crippen LogP contribution is 2.06. The molecule has 0 fully saturated rings. The van der Waals surface area contributed by atoms with Crippen molar-refractivity contribution in [3.05, 3.63) is 36.3 Å². The van der Waals surface area contributed by atoms with E-state index in [9.17, 15) is 4.79 Å². The zero-order valence-electron chi connectivity index (χ0n) is 13.1. The average Bonchev–Trinajstić information content (AvgIpc) is 3.22. The first-order valence-electron chi connectivity index (χ1n) is 7.61. The van der Waals surface area contributed by atoms with E-state index < -0.39 is 0 Å². The topological polar surface area (TPSA) is 95.1 Å². The van der Waals surface area contributed by atoms with Crippen LogP contribution in [0.3, 0.4) is 0 Å². The van der Waals surface area contributed by atoms with Gasteiger partial charge in [0.1, 0.15) is 12.7 Å². The summed E-state index contributed by atoms with van der Waals surface area (Å²) >= 11 is 0. The Morgan fingerprint density at radius 2 is 2.43 bits per heavy atom. The number of hydrogen-bond donors (Lipinski definition) is 1. The smallest absolute Gasteiger partial charge is 0.273 e. The second-order valence-electron chi connectivity index (χ2n) is 4.83. The first-order chi connectivity index (χ1) is 11.3. The summed E-state index contributed by atoms with van der Waals surface area (Å²) in [5, 5.41) is 10.5. The number of hydrogen-bond acceptors (Lipinski definition) is 6. The van der Waals surface area contributed by atoms with E-state index in [1.54, 1.807) is 23.2 Å². The molecular weight excluding hydrogens is 298 g/mol. The lowest BCUT2D eigenvalue weighted by Crippen LogP contribution is -2.27. The molecular formula is C15H23N5O3. The lowest BCUT2D eigenvalue weighted by molar-refractivity contribution is 0.0943. The zero-order valence-corrected chi connectivity index (χ0v) is 13.1. The number of amides is 1. The van der Waals surface area contributed by atoms with E-state index in [0.29, 0.717) is 25.5 Å². The molecule has 8 nitrogen and oxygen atoms in total. The minimum absolute atomic E-state index is 0. The molecule has 0 aliphatic heterocycles. The summed E-state index contributed by atoms with van der Waals surface area (Å²) < 4.78 is 12.1. The molecule has 0 aliphatic rings. The molecule has 2 rings (SSSR count). The summed E-state index contributed by atoms with van der Waals surface area (Å²) in [4.78, 5) is 15.7. The highest BCUT2D eigenvalue weighted by Gasteiger charge is 2.10. The molecule has 2 heterocycles. The maximum absolute atomic E-state index is 11.9. The monoisotopic (exact) mass is 321 g/mol. The van der Waals surface area contributed by atoms with Gasteiger partial charge in [-0.2, -0.15) is 5.10 Å². The van der Waals surface area contributed by atoms with E-state index in [0.717, 1.165) is 19.4 Å². The van der Waals surface area contributed by atoms with E-state index in [4.69, 9.17) is 9.26 Å². The summed E-state index contributed by atoms with van der Waals surface area (Å²) in [7, 11) is 0. The normalized spacial score (nSPS) is 11.2. The number of ether oxygens (including phenoxy) is 1. The minimum Gasteiger partial charge on any atom is -0.381 e. The number of nitrogens with zero attached hydrogens (tertiary/aromatic N) is 4. The second-order valence-corrected chi connectivity index (χ2v) is 4.83. The number of rotatable bonds is 10. The Morgan fingerprint density at radius 3 is 3.22 bits per heavy atom. The van der Waals surface area contributed by atoms with E-state index in [-0.39, 0.29) is 13.0 Å². The van der Waals surface area contributed by atoms with Gasteiger partial charge in [-0.05, 0) is 18.9 Å². The molecule has 0 atom stereocenters. The van der Waals surface area contributed by atoms with Gasteiger partial charge in [0.15, 0.2) is 11.5 Å². The molecule has 8 heteroatoms. The van der Waals surface area contributed by atoms with Gasteiger partial charge in [-0.15, -0.1) is 0 Å². The summed E-state index contributed by atoms with van der Waals surface area (Å²) in [6, 6.07) is 1.61. The molecule has 1 amide bonds. The van der Waals surface area contributed by atoms with Gasteiger partial charge in [0.2, 0.25) is 0 Å². The van der Waals surface area contributed by atoms with Gasteiger partial charge < -0.3 is 14.6 Å². The fourth-order valence-corrected chi connectivity index (χ4v) is 1.79. The van der Waals surface area contributed by atoms with E-state index in [2.05, 4.69) is 27.5 Å². The molecule has 0 aliphatic carbocycles. The van der Waals surface area contributed by atoms with Crippen LogP contribution in [0.1, 0.15) is 37.4 Å². The van der Waals surface area contributed by atoms with Crippen molar-refractivity contribution in [3.8, 4) is 0 Å². The molecule has 0 radical (unpaired) electrons. The Labute approximate surface area is 136 Å². The first-order valence-corrected chi connectivity index (χ1v) is 7.61. The van der Waals surface area contributed by atoms with E-state index in [1.807, 2.05) is 6.08 Å². The fourth-order valence-electron chi connectivity index (χ4n) is 1.79. The van der Waals surface area contributed by atoms with Gasteiger partial charge in [-0.1, -0.05) is 18.2 Å². The van der Waals surface area contributed by atoms with Gasteiger partial charge in [0, 0.05) is 20.6 Å². The molecule has 0 spiro atoms. The maximum atomic E-state index is 11.9. The number of nitrogens with one attached hydrogen (secondary N) is 1. The molecule has 2 aromatic rings. The molecule has 2 aromatic heterocycles. The van der Waals surface area contributed by atoms with Gasteiger partial charge in [0.05, 0.1) is 13.2 Å². The van der Waals surface area contributed by atoms with E-state index in [1.165, 1.54) is 6.33 Å². The molecule has 0 saturated heterocycles. The van der Waals surface area contributed by atoms with Crippen molar-refractivity contribution in [1.82, 2.24) is 25.2 Å². The van der Waals surface area contributed by atoms with Crippen molar-refractivity contribution in [2.24, 2.45) is 0 Å². The SMILES string of the molecule is CCCOCC/C=C\c1cc(C(=O)NCCn2cncn2)no1.[HH]. The third kappa shape index (κ3) is 6.03. The van der Waals surface area contributed by atoms with Crippen molar-refractivity contribution in [3.63, 3.8) is 0 Å². The van der Waals surface area contributed by atoms with Gasteiger partial charge >= 0.3 is 0 Å². The molecule has 0 aromatic carbocycles. The largest absolute Gasteiger partial charge is 0.381 e. The van der Waals surface area contributed by atoms with Crippen LogP contribution in [0.15, 0.2) is 29.3 Å². The van der Waals surface area contributed by atoms with E-state index >= 15 is 0 Å². The van der Waals surface area contributed by atoms with Crippen LogP contribution in [0.2, 0.25) is 0 Å². The Balaban J connectivity index is 0.00000288. The number of carbonyl (C=O) groups excluding carboxylic acids is 1. The van der Waals surface area contributed by atoms with Gasteiger partial charge in [-0.3, -0.25) is 9.48 Å². The van der Waals surface area contributed by atoms with Crippen LogP contribution in [0.25, 0.3) is 6.08 Å². The molecule has 126 valence electrons. The van der Waals surface area contributed by atoms with Crippen molar-refractivity contribution < 1.29 is 15.5 Å². The van der Waals surface area contributed by atoms with Crippen LogP contribution in [0, 0.1) is 0 Å². The quantitative estimate of drug-likeness (QED) is 0.670. The van der Waals surface area contributed by atoms with Crippen LogP contribution in [0.4, 0.5) is 0 Å². The molecule has 0 unspecified atom stereocenters. The minimum atomic E-state index is -0.278. The fraction of sp³-hybridized carbons (Fsp3) is 0.467. The Bertz CT molecular complexity index is 612. The van der Waals surface area contributed by atoms with Gasteiger partial charge in [0.25, 0.3) is 5.91 Å². The highest BCUT2D eigenvalue weighted by atomic mass is 16.5. The lowest BCUT2D eigenvalue weighted by atomic mass is 10.3. The van der Waals surface area contributed by atoms with Crippen LogP contribution in [-0.2, 0) is 11.3 Å².